The minimum absolute atomic E-state index is 0.0416. The molecule has 126 valence electrons. The Labute approximate surface area is 142 Å². The molecule has 0 atom stereocenters. The maximum atomic E-state index is 12.2. The summed E-state index contributed by atoms with van der Waals surface area (Å²) in [7, 11) is 0. The molecule has 0 aromatic heterocycles. The number of carbonyl (C=O) groups excluding carboxylic acids is 1. The molecule has 3 rings (SSSR count). The maximum absolute atomic E-state index is 12.2. The van der Waals surface area contributed by atoms with Gasteiger partial charge < -0.3 is 14.2 Å². The quantitative estimate of drug-likeness (QED) is 0.453. The number of hydrogen-bond donors (Lipinski definition) is 0. The third kappa shape index (κ3) is 4.83. The summed E-state index contributed by atoms with van der Waals surface area (Å²) in [6.45, 7) is 0.244. The minimum Gasteiger partial charge on any atom is -0.468 e. The zero-order valence-electron chi connectivity index (χ0n) is 13.6. The molecule has 24 heavy (non-hydrogen) atoms. The van der Waals surface area contributed by atoms with E-state index in [1.807, 2.05) is 48.5 Å². The van der Waals surface area contributed by atoms with Crippen molar-refractivity contribution in [3.8, 4) is 11.5 Å². The summed E-state index contributed by atoms with van der Waals surface area (Å²) in [6.07, 6.45) is 3.44. The highest BCUT2D eigenvalue weighted by Gasteiger charge is 2.28. The number of esters is 1. The van der Waals surface area contributed by atoms with Crippen LogP contribution in [0.5, 0.6) is 11.5 Å². The average Bonchev–Trinajstić information content (AvgIpc) is 2.64. The predicted octanol–water partition coefficient (Wildman–Crippen LogP) is 4.20. The highest BCUT2D eigenvalue weighted by molar-refractivity contribution is 5.75. The van der Waals surface area contributed by atoms with Crippen molar-refractivity contribution < 1.29 is 19.0 Å². The first-order valence-electron chi connectivity index (χ1n) is 8.37. The molecule has 1 saturated carbocycles. The second-order valence-corrected chi connectivity index (χ2v) is 5.95. The van der Waals surface area contributed by atoms with Crippen LogP contribution in [0.3, 0.4) is 0 Å². The summed E-state index contributed by atoms with van der Waals surface area (Å²) in [5.41, 5.74) is 0. The van der Waals surface area contributed by atoms with Crippen LogP contribution in [0.1, 0.15) is 25.7 Å². The van der Waals surface area contributed by atoms with E-state index in [4.69, 9.17) is 14.2 Å². The maximum Gasteiger partial charge on any atom is 0.314 e. The largest absolute Gasteiger partial charge is 0.468 e. The molecule has 1 aliphatic carbocycles. The van der Waals surface area contributed by atoms with Gasteiger partial charge in [-0.2, -0.15) is 0 Å². The standard InChI is InChI=1S/C20H22O4/c21-20(24-19-9-5-2-6-10-19)16-11-13-18(14-12-16)23-15-22-17-7-3-1-4-8-17/h1-10,16,18H,11-15H2. The lowest BCUT2D eigenvalue weighted by atomic mass is 9.87. The van der Waals surface area contributed by atoms with Gasteiger partial charge in [-0.25, -0.2) is 0 Å². The molecule has 0 heterocycles. The van der Waals surface area contributed by atoms with Gasteiger partial charge in [0.25, 0.3) is 0 Å². The van der Waals surface area contributed by atoms with E-state index in [1.54, 1.807) is 12.1 Å². The lowest BCUT2D eigenvalue weighted by Crippen LogP contribution is -2.29. The second kappa shape index (κ2) is 8.50. The van der Waals surface area contributed by atoms with Gasteiger partial charge in [-0.05, 0) is 49.9 Å². The number of para-hydroxylation sites is 2. The van der Waals surface area contributed by atoms with Gasteiger partial charge in [-0.3, -0.25) is 4.79 Å². The van der Waals surface area contributed by atoms with Crippen LogP contribution >= 0.6 is 0 Å². The van der Waals surface area contributed by atoms with Crippen molar-refractivity contribution in [2.45, 2.75) is 31.8 Å². The van der Waals surface area contributed by atoms with Crippen molar-refractivity contribution in [3.05, 3.63) is 60.7 Å². The highest BCUT2D eigenvalue weighted by Crippen LogP contribution is 2.28. The molecule has 0 amide bonds. The lowest BCUT2D eigenvalue weighted by Gasteiger charge is -2.27. The second-order valence-electron chi connectivity index (χ2n) is 5.95. The Balaban J connectivity index is 1.37. The molecular formula is C20H22O4. The van der Waals surface area contributed by atoms with Crippen LogP contribution in [0.15, 0.2) is 60.7 Å². The Bertz CT molecular complexity index is 619. The number of carbonyl (C=O) groups is 1. The molecule has 0 unspecified atom stereocenters. The van der Waals surface area contributed by atoms with Crippen LogP contribution in [0.4, 0.5) is 0 Å². The topological polar surface area (TPSA) is 44.8 Å². The van der Waals surface area contributed by atoms with Gasteiger partial charge in [0.15, 0.2) is 6.79 Å². The summed E-state index contributed by atoms with van der Waals surface area (Å²) in [4.78, 5) is 12.2. The molecule has 0 spiro atoms. The molecule has 0 radical (unpaired) electrons. The fourth-order valence-electron chi connectivity index (χ4n) is 2.87. The van der Waals surface area contributed by atoms with Crippen molar-refractivity contribution in [3.63, 3.8) is 0 Å². The van der Waals surface area contributed by atoms with Gasteiger partial charge in [-0.1, -0.05) is 36.4 Å². The molecule has 1 fully saturated rings. The molecular weight excluding hydrogens is 304 g/mol. The Morgan fingerprint density at radius 3 is 2.04 bits per heavy atom. The van der Waals surface area contributed by atoms with Gasteiger partial charge in [0, 0.05) is 0 Å². The monoisotopic (exact) mass is 326 g/mol. The van der Waals surface area contributed by atoms with Crippen LogP contribution in [-0.2, 0) is 9.53 Å². The van der Waals surface area contributed by atoms with E-state index in [0.29, 0.717) is 5.75 Å². The van der Waals surface area contributed by atoms with Gasteiger partial charge >= 0.3 is 5.97 Å². The molecule has 4 heteroatoms. The zero-order valence-corrected chi connectivity index (χ0v) is 13.6. The highest BCUT2D eigenvalue weighted by atomic mass is 16.7. The van der Waals surface area contributed by atoms with E-state index < -0.39 is 0 Å². The van der Waals surface area contributed by atoms with Crippen molar-refractivity contribution in [1.82, 2.24) is 0 Å². The summed E-state index contributed by atoms with van der Waals surface area (Å²) in [5, 5.41) is 0. The van der Waals surface area contributed by atoms with E-state index in [1.165, 1.54) is 0 Å². The van der Waals surface area contributed by atoms with Crippen LogP contribution in [0, 0.1) is 5.92 Å². The van der Waals surface area contributed by atoms with E-state index >= 15 is 0 Å². The molecule has 0 N–H and O–H groups in total. The summed E-state index contributed by atoms with van der Waals surface area (Å²) in [5.74, 6) is 1.23. The SMILES string of the molecule is O=C(Oc1ccccc1)C1CCC(OCOc2ccccc2)CC1. The molecule has 2 aromatic rings. The van der Waals surface area contributed by atoms with Gasteiger partial charge in [0.1, 0.15) is 11.5 Å². The third-order valence-electron chi connectivity index (χ3n) is 4.24. The first-order chi connectivity index (χ1) is 11.8. The third-order valence-corrected chi connectivity index (χ3v) is 4.24. The van der Waals surface area contributed by atoms with Crippen LogP contribution in [-0.4, -0.2) is 18.9 Å². The zero-order chi connectivity index (χ0) is 16.6. The van der Waals surface area contributed by atoms with E-state index in [9.17, 15) is 4.79 Å². The fraction of sp³-hybridized carbons (Fsp3) is 0.350. The van der Waals surface area contributed by atoms with Gasteiger partial charge in [-0.15, -0.1) is 0 Å². The predicted molar refractivity (Wildman–Crippen MR) is 90.8 cm³/mol. The average molecular weight is 326 g/mol. The number of ether oxygens (including phenoxy) is 3. The van der Waals surface area contributed by atoms with Crippen molar-refractivity contribution in [2.24, 2.45) is 5.92 Å². The first-order valence-corrected chi connectivity index (χ1v) is 8.37. The fourth-order valence-corrected chi connectivity index (χ4v) is 2.87. The number of hydrogen-bond acceptors (Lipinski definition) is 4. The summed E-state index contributed by atoms with van der Waals surface area (Å²) in [6, 6.07) is 18.8. The van der Waals surface area contributed by atoms with Crippen molar-refractivity contribution in [1.29, 1.82) is 0 Å². The van der Waals surface area contributed by atoms with E-state index in [2.05, 4.69) is 0 Å². The summed E-state index contributed by atoms with van der Waals surface area (Å²) < 4.78 is 16.7. The number of benzene rings is 2. The van der Waals surface area contributed by atoms with E-state index in [0.717, 1.165) is 31.4 Å². The minimum atomic E-state index is -0.139. The smallest absolute Gasteiger partial charge is 0.314 e. The Hall–Kier alpha value is -2.33. The van der Waals surface area contributed by atoms with Crippen LogP contribution < -0.4 is 9.47 Å². The Morgan fingerprint density at radius 1 is 0.833 bits per heavy atom. The molecule has 2 aromatic carbocycles. The molecule has 0 aliphatic heterocycles. The van der Waals surface area contributed by atoms with Crippen molar-refractivity contribution in [2.75, 3.05) is 6.79 Å². The first kappa shape index (κ1) is 16.5. The van der Waals surface area contributed by atoms with E-state index in [-0.39, 0.29) is 24.8 Å². The van der Waals surface area contributed by atoms with Crippen LogP contribution in [0.2, 0.25) is 0 Å². The lowest BCUT2D eigenvalue weighted by molar-refractivity contribution is -0.141. The van der Waals surface area contributed by atoms with Crippen molar-refractivity contribution >= 4 is 5.97 Å². The molecule has 0 saturated heterocycles. The van der Waals surface area contributed by atoms with Gasteiger partial charge in [0.2, 0.25) is 0 Å². The Morgan fingerprint density at radius 2 is 1.42 bits per heavy atom. The molecule has 0 bridgehead atoms. The summed E-state index contributed by atoms with van der Waals surface area (Å²) >= 11 is 0. The number of rotatable bonds is 6. The Kier molecular flexibility index (Phi) is 5.85. The molecule has 4 nitrogen and oxygen atoms in total. The normalized spacial score (nSPS) is 20.3. The van der Waals surface area contributed by atoms with Crippen LogP contribution in [0.25, 0.3) is 0 Å². The van der Waals surface area contributed by atoms with Gasteiger partial charge in [0.05, 0.1) is 12.0 Å². The molecule has 1 aliphatic rings.